The summed E-state index contributed by atoms with van der Waals surface area (Å²) in [5.41, 5.74) is 1.83. The fourth-order valence-electron chi connectivity index (χ4n) is 2.49. The molecule has 1 amide bonds. The van der Waals surface area contributed by atoms with Crippen molar-refractivity contribution in [2.24, 2.45) is 0 Å². The van der Waals surface area contributed by atoms with Crippen molar-refractivity contribution in [3.8, 4) is 5.75 Å². The van der Waals surface area contributed by atoms with Gasteiger partial charge >= 0.3 is 0 Å². The number of nitrogens with one attached hydrogen (secondary N) is 1. The third-order valence-electron chi connectivity index (χ3n) is 3.86. The topological polar surface area (TPSA) is 38.3 Å². The number of ether oxygens (including phenoxy) is 1. The molecule has 0 saturated heterocycles. The zero-order chi connectivity index (χ0) is 19.2. The number of halogens is 2. The first-order valence-corrected chi connectivity index (χ1v) is 9.54. The smallest absolute Gasteiger partial charge is 0.255 e. The molecule has 6 heteroatoms. The number of thioether (sulfide) groups is 1. The molecule has 0 heterocycles. The molecule has 0 aliphatic carbocycles. The van der Waals surface area contributed by atoms with Gasteiger partial charge in [-0.2, -0.15) is 0 Å². The molecule has 3 nitrogen and oxygen atoms in total. The van der Waals surface area contributed by atoms with E-state index in [0.29, 0.717) is 17.0 Å². The highest BCUT2D eigenvalue weighted by Gasteiger charge is 2.12. The van der Waals surface area contributed by atoms with Gasteiger partial charge in [0, 0.05) is 27.5 Å². The summed E-state index contributed by atoms with van der Waals surface area (Å²) in [4.78, 5) is 13.7. The molecule has 0 aliphatic rings. The van der Waals surface area contributed by atoms with Crippen LogP contribution in [0.5, 0.6) is 5.75 Å². The number of carbonyl (C=O) groups excluding carboxylic acids is 1. The predicted octanol–water partition coefficient (Wildman–Crippen LogP) is 6.03. The highest BCUT2D eigenvalue weighted by atomic mass is 35.5. The Morgan fingerprint density at radius 3 is 2.59 bits per heavy atom. The van der Waals surface area contributed by atoms with E-state index in [4.69, 9.17) is 16.3 Å². The standard InChI is InChI=1S/C21H17ClFNO2S/c1-26-20-10-7-14(11-15(20)13-27-17-5-3-2-4-6-17)21(25)24-16-8-9-19(23)18(22)12-16/h2-12H,13H2,1H3,(H,24,25). The van der Waals surface area contributed by atoms with E-state index in [1.807, 2.05) is 30.3 Å². The van der Waals surface area contributed by atoms with Gasteiger partial charge in [0.15, 0.2) is 0 Å². The van der Waals surface area contributed by atoms with Crippen LogP contribution in [0.15, 0.2) is 71.6 Å². The molecule has 0 saturated carbocycles. The maximum Gasteiger partial charge on any atom is 0.255 e. The molecule has 0 aliphatic heterocycles. The summed E-state index contributed by atoms with van der Waals surface area (Å²) >= 11 is 7.42. The summed E-state index contributed by atoms with van der Waals surface area (Å²) in [6.45, 7) is 0. The maximum absolute atomic E-state index is 13.3. The molecule has 3 aromatic carbocycles. The fourth-order valence-corrected chi connectivity index (χ4v) is 3.57. The van der Waals surface area contributed by atoms with Crippen LogP contribution < -0.4 is 10.1 Å². The van der Waals surface area contributed by atoms with Crippen LogP contribution in [0.2, 0.25) is 5.02 Å². The molecule has 0 fully saturated rings. The van der Waals surface area contributed by atoms with Crippen LogP contribution in [0.1, 0.15) is 15.9 Å². The summed E-state index contributed by atoms with van der Waals surface area (Å²) in [7, 11) is 1.60. The van der Waals surface area contributed by atoms with Gasteiger partial charge in [-0.15, -0.1) is 11.8 Å². The third-order valence-corrected chi connectivity index (χ3v) is 5.21. The lowest BCUT2D eigenvalue weighted by Crippen LogP contribution is -2.12. The van der Waals surface area contributed by atoms with Crippen molar-refractivity contribution in [2.45, 2.75) is 10.6 Å². The van der Waals surface area contributed by atoms with Gasteiger partial charge in [0.25, 0.3) is 5.91 Å². The molecule has 0 spiro atoms. The summed E-state index contributed by atoms with van der Waals surface area (Å²) in [5, 5.41) is 2.69. The Bertz CT molecular complexity index is 950. The SMILES string of the molecule is COc1ccc(C(=O)Nc2ccc(F)c(Cl)c2)cc1CSc1ccccc1. The van der Waals surface area contributed by atoms with Gasteiger partial charge in [0.05, 0.1) is 12.1 Å². The average Bonchev–Trinajstić information content (AvgIpc) is 2.69. The van der Waals surface area contributed by atoms with Crippen LogP contribution in [0.4, 0.5) is 10.1 Å². The second kappa shape index (κ2) is 8.93. The van der Waals surface area contributed by atoms with E-state index in [1.165, 1.54) is 18.2 Å². The molecular formula is C21H17ClFNO2S. The summed E-state index contributed by atoms with van der Waals surface area (Å²) in [5.74, 6) is 0.557. The fraction of sp³-hybridized carbons (Fsp3) is 0.0952. The molecule has 3 aromatic rings. The Morgan fingerprint density at radius 1 is 1.11 bits per heavy atom. The van der Waals surface area contributed by atoms with E-state index < -0.39 is 5.82 Å². The minimum Gasteiger partial charge on any atom is -0.496 e. The zero-order valence-electron chi connectivity index (χ0n) is 14.5. The number of methoxy groups -OCH3 is 1. The summed E-state index contributed by atoms with van der Waals surface area (Å²) in [6, 6.07) is 19.3. The number of benzene rings is 3. The van der Waals surface area contributed by atoms with Gasteiger partial charge in [0.1, 0.15) is 11.6 Å². The number of rotatable bonds is 6. The monoisotopic (exact) mass is 401 g/mol. The van der Waals surface area contributed by atoms with Gasteiger partial charge in [-0.1, -0.05) is 29.8 Å². The minimum atomic E-state index is -0.528. The van der Waals surface area contributed by atoms with E-state index in [-0.39, 0.29) is 10.9 Å². The van der Waals surface area contributed by atoms with Crippen LogP contribution in [0.3, 0.4) is 0 Å². The Kier molecular flexibility index (Phi) is 6.37. The Morgan fingerprint density at radius 2 is 1.89 bits per heavy atom. The van der Waals surface area contributed by atoms with Crippen LogP contribution in [0, 0.1) is 5.82 Å². The quantitative estimate of drug-likeness (QED) is 0.512. The van der Waals surface area contributed by atoms with Gasteiger partial charge in [-0.05, 0) is 48.5 Å². The lowest BCUT2D eigenvalue weighted by atomic mass is 10.1. The number of amides is 1. The Balaban J connectivity index is 1.76. The van der Waals surface area contributed by atoms with Gasteiger partial charge in [-0.25, -0.2) is 4.39 Å². The molecule has 0 atom stereocenters. The van der Waals surface area contributed by atoms with Crippen molar-refractivity contribution < 1.29 is 13.9 Å². The molecule has 0 aromatic heterocycles. The van der Waals surface area contributed by atoms with Crippen molar-refractivity contribution in [2.75, 3.05) is 12.4 Å². The molecule has 0 unspecified atom stereocenters. The summed E-state index contributed by atoms with van der Waals surface area (Å²) < 4.78 is 18.7. The van der Waals surface area contributed by atoms with E-state index in [0.717, 1.165) is 16.2 Å². The number of hydrogen-bond donors (Lipinski definition) is 1. The maximum atomic E-state index is 13.3. The van der Waals surface area contributed by atoms with Crippen molar-refractivity contribution >= 4 is 35.0 Å². The number of carbonyl (C=O) groups is 1. The van der Waals surface area contributed by atoms with Crippen LogP contribution in [0.25, 0.3) is 0 Å². The second-order valence-corrected chi connectivity index (χ2v) is 7.17. The first kappa shape index (κ1) is 19.3. The van der Waals surface area contributed by atoms with Gasteiger partial charge in [-0.3, -0.25) is 4.79 Å². The van der Waals surface area contributed by atoms with Gasteiger partial charge < -0.3 is 10.1 Å². The highest BCUT2D eigenvalue weighted by molar-refractivity contribution is 7.98. The molecule has 0 radical (unpaired) electrons. The van der Waals surface area contributed by atoms with E-state index in [2.05, 4.69) is 5.32 Å². The largest absolute Gasteiger partial charge is 0.496 e. The molecule has 1 N–H and O–H groups in total. The summed E-state index contributed by atoms with van der Waals surface area (Å²) in [6.07, 6.45) is 0. The van der Waals surface area contributed by atoms with E-state index in [1.54, 1.807) is 37.1 Å². The van der Waals surface area contributed by atoms with Crippen LogP contribution >= 0.6 is 23.4 Å². The Labute approximate surface area is 166 Å². The van der Waals surface area contributed by atoms with Crippen molar-refractivity contribution in [1.82, 2.24) is 0 Å². The van der Waals surface area contributed by atoms with E-state index in [9.17, 15) is 9.18 Å². The van der Waals surface area contributed by atoms with Crippen LogP contribution in [-0.4, -0.2) is 13.0 Å². The number of anilines is 1. The minimum absolute atomic E-state index is 0.0394. The third kappa shape index (κ3) is 5.02. The molecule has 3 rings (SSSR count). The molecule has 0 bridgehead atoms. The highest BCUT2D eigenvalue weighted by Crippen LogP contribution is 2.29. The number of hydrogen-bond acceptors (Lipinski definition) is 3. The zero-order valence-corrected chi connectivity index (χ0v) is 16.1. The normalized spacial score (nSPS) is 10.5. The predicted molar refractivity (Wildman–Crippen MR) is 108 cm³/mol. The van der Waals surface area contributed by atoms with Gasteiger partial charge in [0.2, 0.25) is 0 Å². The lowest BCUT2D eigenvalue weighted by Gasteiger charge is -2.11. The first-order chi connectivity index (χ1) is 13.1. The first-order valence-electron chi connectivity index (χ1n) is 8.18. The van der Waals surface area contributed by atoms with Crippen molar-refractivity contribution in [3.05, 3.63) is 88.7 Å². The van der Waals surface area contributed by atoms with Crippen molar-refractivity contribution in [1.29, 1.82) is 0 Å². The molecular weight excluding hydrogens is 385 g/mol. The van der Waals surface area contributed by atoms with Crippen molar-refractivity contribution in [3.63, 3.8) is 0 Å². The second-order valence-electron chi connectivity index (χ2n) is 5.71. The lowest BCUT2D eigenvalue weighted by molar-refractivity contribution is 0.102. The van der Waals surface area contributed by atoms with E-state index >= 15 is 0 Å². The molecule has 27 heavy (non-hydrogen) atoms. The Hall–Kier alpha value is -2.50. The van der Waals surface area contributed by atoms with Crippen LogP contribution in [-0.2, 0) is 5.75 Å². The molecule has 138 valence electrons. The average molecular weight is 402 g/mol.